The molecule has 0 saturated carbocycles. The number of sulfonamides is 1. The Hall–Kier alpha value is -2.09. The van der Waals surface area contributed by atoms with Crippen LogP contribution in [0.5, 0.6) is 0 Å². The zero-order chi connectivity index (χ0) is 22.8. The minimum absolute atomic E-state index is 0.0250. The number of nitrogens with zero attached hydrogens (tertiary/aromatic N) is 1. The van der Waals surface area contributed by atoms with E-state index >= 15 is 0 Å². The molecule has 1 aliphatic heterocycles. The van der Waals surface area contributed by atoms with Gasteiger partial charge in [0, 0.05) is 24.9 Å². The summed E-state index contributed by atoms with van der Waals surface area (Å²) in [5, 5.41) is 2.80. The molecule has 0 spiro atoms. The lowest BCUT2D eigenvalue weighted by Gasteiger charge is -2.23. The van der Waals surface area contributed by atoms with E-state index in [0.29, 0.717) is 24.5 Å². The van der Waals surface area contributed by atoms with Crippen LogP contribution in [0.15, 0.2) is 47.4 Å². The van der Waals surface area contributed by atoms with Crippen LogP contribution in [-0.2, 0) is 25.2 Å². The standard InChI is InChI=1S/C21H25F2N2O4PS/c1-14-11-17(24-20(26)15-5-4-10-29-13-15)8-9-19(14)31(27,28)25(2)18-7-3-6-16(12-18)21(22,23)30/h3,6-9,11-12,15H,4-5,10,13,30H2,1-2H3,(H,24,26). The Labute approximate surface area is 183 Å². The molecule has 1 N–H and O–H groups in total. The number of aryl methyl sites for hydroxylation is 1. The van der Waals surface area contributed by atoms with Crippen LogP contribution < -0.4 is 9.62 Å². The highest BCUT2D eigenvalue weighted by atomic mass is 32.2. The van der Waals surface area contributed by atoms with Crippen LogP contribution in [-0.4, -0.2) is 34.6 Å². The van der Waals surface area contributed by atoms with Crippen molar-refractivity contribution in [2.45, 2.75) is 30.3 Å². The van der Waals surface area contributed by atoms with Gasteiger partial charge in [-0.1, -0.05) is 21.4 Å². The SMILES string of the molecule is Cc1cc(NC(=O)C2CCCOC2)ccc1S(=O)(=O)N(C)c1cccc(C(F)(F)P)c1. The van der Waals surface area contributed by atoms with Gasteiger partial charge in [-0.2, -0.15) is 8.78 Å². The van der Waals surface area contributed by atoms with Crippen LogP contribution in [0.3, 0.4) is 0 Å². The Morgan fingerprint density at radius 2 is 2.00 bits per heavy atom. The molecular formula is C21H25F2N2O4PS. The quantitative estimate of drug-likeness (QED) is 0.645. The summed E-state index contributed by atoms with van der Waals surface area (Å²) in [6, 6.07) is 9.71. The van der Waals surface area contributed by atoms with Crippen molar-refractivity contribution in [2.75, 3.05) is 29.9 Å². The predicted molar refractivity (Wildman–Crippen MR) is 119 cm³/mol. The number of carbonyl (C=O) groups is 1. The zero-order valence-electron chi connectivity index (χ0n) is 17.3. The number of halogens is 2. The molecule has 1 heterocycles. The number of rotatable bonds is 6. The third kappa shape index (κ3) is 5.40. The summed E-state index contributed by atoms with van der Waals surface area (Å²) in [6.07, 6.45) is 1.57. The van der Waals surface area contributed by atoms with Crippen LogP contribution in [0.25, 0.3) is 0 Å². The number of ether oxygens (including phenoxy) is 1. The van der Waals surface area contributed by atoms with E-state index < -0.39 is 15.7 Å². The lowest BCUT2D eigenvalue weighted by atomic mass is 10.0. The van der Waals surface area contributed by atoms with Gasteiger partial charge in [-0.3, -0.25) is 9.10 Å². The van der Waals surface area contributed by atoms with E-state index in [0.717, 1.165) is 23.2 Å². The Morgan fingerprint density at radius 1 is 1.26 bits per heavy atom. The van der Waals surface area contributed by atoms with Crippen molar-refractivity contribution in [3.05, 3.63) is 53.6 Å². The molecule has 6 nitrogen and oxygen atoms in total. The molecule has 0 bridgehead atoms. The number of carbonyl (C=O) groups excluding carboxylic acids is 1. The fraction of sp³-hybridized carbons (Fsp3) is 0.381. The maximum atomic E-state index is 13.6. The number of anilines is 2. The van der Waals surface area contributed by atoms with Crippen molar-refractivity contribution in [1.29, 1.82) is 0 Å². The summed E-state index contributed by atoms with van der Waals surface area (Å²) in [7, 11) is -1.25. The second-order valence-electron chi connectivity index (χ2n) is 7.53. The highest BCUT2D eigenvalue weighted by molar-refractivity contribution is 7.92. The third-order valence-corrected chi connectivity index (χ3v) is 7.49. The molecular weight excluding hydrogens is 445 g/mol. The number of amides is 1. The molecule has 1 amide bonds. The molecule has 2 aromatic rings. The molecule has 0 aliphatic carbocycles. The average molecular weight is 470 g/mol. The first-order chi connectivity index (χ1) is 14.5. The Bertz CT molecular complexity index is 1070. The van der Waals surface area contributed by atoms with Crippen molar-refractivity contribution >= 4 is 36.5 Å². The van der Waals surface area contributed by atoms with E-state index in [1.165, 1.54) is 46.6 Å². The third-order valence-electron chi connectivity index (χ3n) is 5.21. The first-order valence-electron chi connectivity index (χ1n) is 9.75. The number of hydrogen-bond acceptors (Lipinski definition) is 4. The van der Waals surface area contributed by atoms with Gasteiger partial charge < -0.3 is 10.1 Å². The number of benzene rings is 2. The van der Waals surface area contributed by atoms with E-state index in [9.17, 15) is 22.0 Å². The highest BCUT2D eigenvalue weighted by Crippen LogP contribution is 2.37. The van der Waals surface area contributed by atoms with E-state index in [1.807, 2.05) is 0 Å². The minimum Gasteiger partial charge on any atom is -0.381 e. The summed E-state index contributed by atoms with van der Waals surface area (Å²) >= 11 is 0. The molecule has 0 radical (unpaired) electrons. The van der Waals surface area contributed by atoms with Crippen LogP contribution in [0.4, 0.5) is 20.2 Å². The van der Waals surface area contributed by atoms with E-state index in [-0.39, 0.29) is 28.0 Å². The van der Waals surface area contributed by atoms with Gasteiger partial charge in [0.2, 0.25) is 5.91 Å². The largest absolute Gasteiger partial charge is 0.381 e. The summed E-state index contributed by atoms with van der Waals surface area (Å²) in [6.45, 7) is 2.64. The van der Waals surface area contributed by atoms with E-state index in [1.54, 1.807) is 13.0 Å². The Kier molecular flexibility index (Phi) is 6.98. The average Bonchev–Trinajstić information content (AvgIpc) is 2.73. The van der Waals surface area contributed by atoms with Gasteiger partial charge in [-0.15, -0.1) is 0 Å². The van der Waals surface area contributed by atoms with Gasteiger partial charge in [0.25, 0.3) is 15.7 Å². The lowest BCUT2D eigenvalue weighted by Crippen LogP contribution is -2.30. The molecule has 0 aromatic heterocycles. The normalized spacial score (nSPS) is 17.3. The highest BCUT2D eigenvalue weighted by Gasteiger charge is 2.28. The zero-order valence-corrected chi connectivity index (χ0v) is 19.2. The lowest BCUT2D eigenvalue weighted by molar-refractivity contribution is -0.123. The maximum absolute atomic E-state index is 13.6. The van der Waals surface area contributed by atoms with Gasteiger partial charge in [0.15, 0.2) is 0 Å². The first-order valence-corrected chi connectivity index (χ1v) is 11.8. The molecule has 1 aliphatic rings. The van der Waals surface area contributed by atoms with Crippen molar-refractivity contribution in [2.24, 2.45) is 5.92 Å². The molecule has 2 unspecified atom stereocenters. The summed E-state index contributed by atoms with van der Waals surface area (Å²) in [5.41, 5.74) is -2.44. The Balaban J connectivity index is 1.82. The van der Waals surface area contributed by atoms with E-state index in [4.69, 9.17) is 4.74 Å². The van der Waals surface area contributed by atoms with Gasteiger partial charge in [0.1, 0.15) is 0 Å². The summed E-state index contributed by atoms with van der Waals surface area (Å²) in [4.78, 5) is 12.4. The molecule has 3 rings (SSSR count). The van der Waals surface area contributed by atoms with Gasteiger partial charge in [-0.25, -0.2) is 8.42 Å². The molecule has 168 valence electrons. The molecule has 10 heteroatoms. The van der Waals surface area contributed by atoms with Gasteiger partial charge >= 0.3 is 0 Å². The van der Waals surface area contributed by atoms with Crippen LogP contribution in [0, 0.1) is 12.8 Å². The van der Waals surface area contributed by atoms with Gasteiger partial charge in [-0.05, 0) is 55.7 Å². The minimum atomic E-state index is -4.00. The second-order valence-corrected chi connectivity index (χ2v) is 10.2. The molecule has 1 fully saturated rings. The van der Waals surface area contributed by atoms with Crippen molar-refractivity contribution in [1.82, 2.24) is 0 Å². The second kappa shape index (κ2) is 9.18. The fourth-order valence-electron chi connectivity index (χ4n) is 3.40. The first kappa shape index (κ1) is 23.6. The smallest absolute Gasteiger partial charge is 0.283 e. The number of hydrogen-bond donors (Lipinski definition) is 1. The topological polar surface area (TPSA) is 75.7 Å². The summed E-state index contributed by atoms with van der Waals surface area (Å²) in [5.74, 6) is -0.396. The maximum Gasteiger partial charge on any atom is 0.283 e. The van der Waals surface area contributed by atoms with Gasteiger partial charge in [0.05, 0.1) is 23.1 Å². The van der Waals surface area contributed by atoms with Crippen molar-refractivity contribution in [3.63, 3.8) is 0 Å². The fourth-order valence-corrected chi connectivity index (χ4v) is 4.98. The van der Waals surface area contributed by atoms with Crippen LogP contribution in [0.1, 0.15) is 24.0 Å². The van der Waals surface area contributed by atoms with E-state index in [2.05, 4.69) is 5.32 Å². The molecule has 2 aromatic carbocycles. The number of nitrogens with one attached hydrogen (secondary N) is 1. The van der Waals surface area contributed by atoms with Crippen LogP contribution in [0.2, 0.25) is 0 Å². The molecule has 31 heavy (non-hydrogen) atoms. The monoisotopic (exact) mass is 470 g/mol. The van der Waals surface area contributed by atoms with Crippen molar-refractivity contribution in [3.8, 4) is 0 Å². The van der Waals surface area contributed by atoms with Crippen LogP contribution >= 0.6 is 9.24 Å². The summed E-state index contributed by atoms with van der Waals surface area (Å²) < 4.78 is 59.8. The number of alkyl halides is 2. The molecule has 1 saturated heterocycles. The predicted octanol–water partition coefficient (Wildman–Crippen LogP) is 4.11. The van der Waals surface area contributed by atoms with Crippen molar-refractivity contribution < 1.29 is 26.7 Å². The molecule has 2 atom stereocenters. The Morgan fingerprint density at radius 3 is 2.61 bits per heavy atom.